The molecule has 0 aromatic rings. The molecule has 18 heavy (non-hydrogen) atoms. The zero-order chi connectivity index (χ0) is 13.1. The Labute approximate surface area is 115 Å². The molecule has 0 aliphatic heterocycles. The maximum absolute atomic E-state index is 2.56. The van der Waals surface area contributed by atoms with Gasteiger partial charge in [-0.1, -0.05) is 76.9 Å². The van der Waals surface area contributed by atoms with E-state index < -0.39 is 0 Å². The topological polar surface area (TPSA) is 0 Å². The molecular formula is C18H34. The molecule has 1 aliphatic carbocycles. The molecule has 0 spiro atoms. The summed E-state index contributed by atoms with van der Waals surface area (Å²) < 4.78 is 0. The molecule has 1 aliphatic rings. The van der Waals surface area contributed by atoms with Crippen LogP contribution in [0.15, 0.2) is 11.6 Å². The molecule has 0 heteroatoms. The Bertz CT molecular complexity index is 196. The fraction of sp³-hybridized carbons (Fsp3) is 0.889. The van der Waals surface area contributed by atoms with Crippen molar-refractivity contribution in [3.8, 4) is 0 Å². The average molecular weight is 250 g/mol. The Morgan fingerprint density at radius 1 is 0.722 bits per heavy atom. The Hall–Kier alpha value is -0.260. The molecule has 0 aromatic heterocycles. The summed E-state index contributed by atoms with van der Waals surface area (Å²) in [5.41, 5.74) is 1.77. The molecule has 0 radical (unpaired) electrons. The molecule has 0 amide bonds. The van der Waals surface area contributed by atoms with E-state index in [-0.39, 0.29) is 0 Å². The maximum Gasteiger partial charge on any atom is -0.0320 e. The van der Waals surface area contributed by atoms with Crippen molar-refractivity contribution in [3.63, 3.8) is 0 Å². The highest BCUT2D eigenvalue weighted by Gasteiger charge is 2.02. The van der Waals surface area contributed by atoms with Crippen LogP contribution >= 0.6 is 0 Å². The van der Waals surface area contributed by atoms with Crippen molar-refractivity contribution in [2.45, 2.75) is 97.3 Å². The quantitative estimate of drug-likeness (QED) is 0.481. The van der Waals surface area contributed by atoms with Crippen LogP contribution in [0.2, 0.25) is 0 Å². The summed E-state index contributed by atoms with van der Waals surface area (Å²) in [5.74, 6) is 0.821. The highest BCUT2D eigenvalue weighted by Crippen LogP contribution is 2.21. The Kier molecular flexibility index (Phi) is 9.34. The van der Waals surface area contributed by atoms with Gasteiger partial charge in [0.25, 0.3) is 0 Å². The summed E-state index contributed by atoms with van der Waals surface area (Å²) in [4.78, 5) is 0. The zero-order valence-electron chi connectivity index (χ0n) is 12.8. The third-order valence-corrected chi connectivity index (χ3v) is 4.12. The molecule has 0 saturated heterocycles. The van der Waals surface area contributed by atoms with Gasteiger partial charge >= 0.3 is 0 Å². The zero-order valence-corrected chi connectivity index (χ0v) is 12.8. The number of rotatable bonds is 2. The first-order chi connectivity index (χ1) is 8.79. The molecule has 0 atom stereocenters. The lowest BCUT2D eigenvalue weighted by Gasteiger charge is -2.09. The SMILES string of the molecule is CC(C)CC=C1CCCCCCCCCCCC1. The Balaban J connectivity index is 2.35. The summed E-state index contributed by atoms with van der Waals surface area (Å²) in [6.45, 7) is 4.66. The van der Waals surface area contributed by atoms with Crippen LogP contribution in [0.1, 0.15) is 97.3 Å². The van der Waals surface area contributed by atoms with Crippen LogP contribution in [0.5, 0.6) is 0 Å². The molecule has 0 N–H and O–H groups in total. The van der Waals surface area contributed by atoms with Gasteiger partial charge in [-0.05, 0) is 38.0 Å². The summed E-state index contributed by atoms with van der Waals surface area (Å²) in [6, 6.07) is 0. The lowest BCUT2D eigenvalue weighted by Crippen LogP contribution is -1.90. The summed E-state index contributed by atoms with van der Waals surface area (Å²) in [5, 5.41) is 0. The third-order valence-electron chi connectivity index (χ3n) is 4.12. The normalized spacial score (nSPS) is 20.9. The van der Waals surface area contributed by atoms with Gasteiger partial charge in [-0.2, -0.15) is 0 Å². The second-order valence-electron chi connectivity index (χ2n) is 6.53. The predicted octanol–water partition coefficient (Wildman–Crippen LogP) is 6.65. The van der Waals surface area contributed by atoms with Gasteiger partial charge in [0.05, 0.1) is 0 Å². The second-order valence-corrected chi connectivity index (χ2v) is 6.53. The first kappa shape index (κ1) is 15.8. The van der Waals surface area contributed by atoms with Gasteiger partial charge in [-0.15, -0.1) is 0 Å². The molecule has 0 bridgehead atoms. The van der Waals surface area contributed by atoms with Gasteiger partial charge in [-0.25, -0.2) is 0 Å². The molecule has 0 nitrogen and oxygen atoms in total. The van der Waals surface area contributed by atoms with Crippen LogP contribution < -0.4 is 0 Å². The summed E-state index contributed by atoms with van der Waals surface area (Å²) in [6.07, 6.45) is 21.3. The van der Waals surface area contributed by atoms with Crippen molar-refractivity contribution in [1.82, 2.24) is 0 Å². The minimum Gasteiger partial charge on any atom is -0.0851 e. The molecule has 0 aromatic carbocycles. The molecule has 1 fully saturated rings. The van der Waals surface area contributed by atoms with Gasteiger partial charge in [0.2, 0.25) is 0 Å². The Morgan fingerprint density at radius 2 is 1.11 bits per heavy atom. The van der Waals surface area contributed by atoms with Gasteiger partial charge in [0, 0.05) is 0 Å². The van der Waals surface area contributed by atoms with Gasteiger partial charge in [0.15, 0.2) is 0 Å². The van der Waals surface area contributed by atoms with Gasteiger partial charge in [0.1, 0.15) is 0 Å². The molecule has 1 rings (SSSR count). The van der Waals surface area contributed by atoms with E-state index >= 15 is 0 Å². The van der Waals surface area contributed by atoms with E-state index in [2.05, 4.69) is 19.9 Å². The van der Waals surface area contributed by atoms with Crippen LogP contribution in [0.4, 0.5) is 0 Å². The highest BCUT2D eigenvalue weighted by molar-refractivity contribution is 5.02. The number of allylic oxidation sites excluding steroid dienone is 2. The molecular weight excluding hydrogens is 216 g/mol. The fourth-order valence-electron chi connectivity index (χ4n) is 2.85. The van der Waals surface area contributed by atoms with Gasteiger partial charge in [-0.3, -0.25) is 0 Å². The summed E-state index contributed by atoms with van der Waals surface area (Å²) in [7, 11) is 0. The van der Waals surface area contributed by atoms with Crippen molar-refractivity contribution in [2.75, 3.05) is 0 Å². The van der Waals surface area contributed by atoms with E-state index in [9.17, 15) is 0 Å². The van der Waals surface area contributed by atoms with Crippen LogP contribution in [0, 0.1) is 5.92 Å². The summed E-state index contributed by atoms with van der Waals surface area (Å²) >= 11 is 0. The highest BCUT2D eigenvalue weighted by atomic mass is 14.1. The maximum atomic E-state index is 2.56. The Morgan fingerprint density at radius 3 is 1.50 bits per heavy atom. The first-order valence-corrected chi connectivity index (χ1v) is 8.47. The van der Waals surface area contributed by atoms with E-state index in [0.717, 1.165) is 5.92 Å². The number of hydrogen-bond donors (Lipinski definition) is 0. The van der Waals surface area contributed by atoms with Crippen LogP contribution in [0.25, 0.3) is 0 Å². The van der Waals surface area contributed by atoms with Crippen molar-refractivity contribution < 1.29 is 0 Å². The fourth-order valence-corrected chi connectivity index (χ4v) is 2.85. The van der Waals surface area contributed by atoms with Crippen molar-refractivity contribution in [3.05, 3.63) is 11.6 Å². The predicted molar refractivity (Wildman–Crippen MR) is 82.9 cm³/mol. The van der Waals surface area contributed by atoms with E-state index in [1.807, 2.05) is 0 Å². The average Bonchev–Trinajstić information content (AvgIpc) is 2.37. The van der Waals surface area contributed by atoms with Crippen molar-refractivity contribution in [1.29, 1.82) is 0 Å². The van der Waals surface area contributed by atoms with E-state index in [4.69, 9.17) is 0 Å². The smallest absolute Gasteiger partial charge is 0.0320 e. The van der Waals surface area contributed by atoms with Crippen molar-refractivity contribution >= 4 is 0 Å². The first-order valence-electron chi connectivity index (χ1n) is 8.47. The van der Waals surface area contributed by atoms with Crippen LogP contribution in [-0.4, -0.2) is 0 Å². The standard InChI is InChI=1S/C18H34/c1-17(2)15-16-18-13-11-9-7-5-3-4-6-8-10-12-14-18/h16-17H,3-15H2,1-2H3. The van der Waals surface area contributed by atoms with Crippen molar-refractivity contribution in [2.24, 2.45) is 5.92 Å². The number of hydrogen-bond acceptors (Lipinski definition) is 0. The third kappa shape index (κ3) is 8.78. The van der Waals surface area contributed by atoms with Crippen LogP contribution in [-0.2, 0) is 0 Å². The lowest BCUT2D eigenvalue weighted by molar-refractivity contribution is 0.562. The molecule has 106 valence electrons. The minimum absolute atomic E-state index is 0.821. The molecule has 1 saturated carbocycles. The van der Waals surface area contributed by atoms with E-state index in [1.165, 1.54) is 83.5 Å². The largest absolute Gasteiger partial charge is 0.0851 e. The lowest BCUT2D eigenvalue weighted by atomic mass is 9.98. The minimum atomic E-state index is 0.821. The van der Waals surface area contributed by atoms with Gasteiger partial charge < -0.3 is 0 Å². The van der Waals surface area contributed by atoms with E-state index in [1.54, 1.807) is 5.57 Å². The monoisotopic (exact) mass is 250 g/mol. The second kappa shape index (κ2) is 10.6. The molecule has 0 heterocycles. The molecule has 0 unspecified atom stereocenters. The van der Waals surface area contributed by atoms with E-state index in [0.29, 0.717) is 0 Å². The van der Waals surface area contributed by atoms with Crippen LogP contribution in [0.3, 0.4) is 0 Å².